The summed E-state index contributed by atoms with van der Waals surface area (Å²) >= 11 is 1.71. The fraction of sp³-hybridized carbons (Fsp3) is 0.421. The molecular weight excluding hydrogens is 346 g/mol. The normalized spacial score (nSPS) is 17.7. The summed E-state index contributed by atoms with van der Waals surface area (Å²) in [5.41, 5.74) is 1.73. The smallest absolute Gasteiger partial charge is 0.253 e. The molecule has 1 unspecified atom stereocenters. The van der Waals surface area contributed by atoms with Gasteiger partial charge in [0, 0.05) is 42.6 Å². The lowest BCUT2D eigenvalue weighted by atomic mass is 9.97. The summed E-state index contributed by atoms with van der Waals surface area (Å²) in [7, 11) is 1.90. The Labute approximate surface area is 156 Å². The molecule has 26 heavy (non-hydrogen) atoms. The Balaban J connectivity index is 1.42. The molecule has 4 rings (SSSR count). The first kappa shape index (κ1) is 17.2. The van der Waals surface area contributed by atoms with E-state index in [-0.39, 0.29) is 5.91 Å². The van der Waals surface area contributed by atoms with Gasteiger partial charge < -0.3 is 10.2 Å². The van der Waals surface area contributed by atoms with Crippen LogP contribution in [0.3, 0.4) is 0 Å². The summed E-state index contributed by atoms with van der Waals surface area (Å²) in [5.74, 6) is 0.555. The van der Waals surface area contributed by atoms with E-state index in [2.05, 4.69) is 27.1 Å². The van der Waals surface area contributed by atoms with Crippen molar-refractivity contribution in [3.63, 3.8) is 0 Å². The molecule has 2 aromatic heterocycles. The van der Waals surface area contributed by atoms with Gasteiger partial charge in [-0.05, 0) is 60.8 Å². The van der Waals surface area contributed by atoms with E-state index in [1.54, 1.807) is 11.3 Å². The predicted octanol–water partition coefficient (Wildman–Crippen LogP) is 2.76. The van der Waals surface area contributed by atoms with Gasteiger partial charge in [0.05, 0.1) is 5.69 Å². The topological polar surface area (TPSA) is 63.1 Å². The number of carbonyl (C=O) groups is 1. The Morgan fingerprint density at radius 2 is 2.31 bits per heavy atom. The molecule has 1 atom stereocenters. The van der Waals surface area contributed by atoms with Crippen LogP contribution < -0.4 is 5.32 Å². The number of piperidine rings is 1. The maximum absolute atomic E-state index is 12.9. The molecule has 136 valence electrons. The molecule has 3 aromatic rings. The van der Waals surface area contributed by atoms with E-state index in [0.717, 1.165) is 55.7 Å². The minimum Gasteiger partial charge on any atom is -0.338 e. The van der Waals surface area contributed by atoms with Gasteiger partial charge in [-0.2, -0.15) is 0 Å². The zero-order valence-corrected chi connectivity index (χ0v) is 15.7. The van der Waals surface area contributed by atoms with Crippen molar-refractivity contribution in [2.45, 2.75) is 25.9 Å². The molecule has 1 saturated heterocycles. The number of nitrogens with one attached hydrogen (secondary N) is 1. The third kappa shape index (κ3) is 3.64. The van der Waals surface area contributed by atoms with Gasteiger partial charge in [0.25, 0.3) is 5.91 Å². The van der Waals surface area contributed by atoms with Gasteiger partial charge in [0.2, 0.25) is 0 Å². The third-order valence-electron chi connectivity index (χ3n) is 4.89. The highest BCUT2D eigenvalue weighted by Gasteiger charge is 2.25. The van der Waals surface area contributed by atoms with Crippen LogP contribution in [0.15, 0.2) is 35.8 Å². The molecule has 1 fully saturated rings. The molecule has 0 spiro atoms. The van der Waals surface area contributed by atoms with E-state index in [9.17, 15) is 4.79 Å². The van der Waals surface area contributed by atoms with Crippen molar-refractivity contribution in [1.82, 2.24) is 25.2 Å². The maximum atomic E-state index is 12.9. The summed E-state index contributed by atoms with van der Waals surface area (Å²) in [4.78, 5) is 14.9. The van der Waals surface area contributed by atoms with Crippen molar-refractivity contribution in [2.24, 2.45) is 5.92 Å². The number of carbonyl (C=O) groups excluding carboxylic acids is 1. The Morgan fingerprint density at radius 3 is 3.19 bits per heavy atom. The minimum absolute atomic E-state index is 0.136. The fourth-order valence-electron chi connectivity index (χ4n) is 3.64. The van der Waals surface area contributed by atoms with E-state index in [1.807, 2.05) is 41.0 Å². The van der Waals surface area contributed by atoms with Gasteiger partial charge in [-0.3, -0.25) is 9.48 Å². The van der Waals surface area contributed by atoms with Gasteiger partial charge in [-0.25, -0.2) is 0 Å². The molecule has 3 heterocycles. The van der Waals surface area contributed by atoms with Gasteiger partial charge in [-0.15, -0.1) is 16.4 Å². The van der Waals surface area contributed by atoms with Crippen LogP contribution in [0.1, 0.15) is 28.9 Å². The monoisotopic (exact) mass is 369 g/mol. The van der Waals surface area contributed by atoms with E-state index in [0.29, 0.717) is 5.92 Å². The molecule has 1 aliphatic rings. The summed E-state index contributed by atoms with van der Waals surface area (Å²) in [6, 6.07) is 8.09. The van der Waals surface area contributed by atoms with Crippen LogP contribution in [0.25, 0.3) is 10.1 Å². The number of likely N-dealkylation sites (tertiary alicyclic amines) is 1. The number of amides is 1. The molecule has 1 N–H and O–H groups in total. The number of rotatable bonds is 5. The number of benzene rings is 1. The van der Waals surface area contributed by atoms with Crippen LogP contribution in [0, 0.1) is 5.92 Å². The Morgan fingerprint density at radius 1 is 1.38 bits per heavy atom. The van der Waals surface area contributed by atoms with Gasteiger partial charge in [0.15, 0.2) is 0 Å². The second kappa shape index (κ2) is 7.55. The molecule has 7 heteroatoms. The lowest BCUT2D eigenvalue weighted by Gasteiger charge is -2.32. The third-order valence-corrected chi connectivity index (χ3v) is 5.79. The molecule has 1 aliphatic heterocycles. The van der Waals surface area contributed by atoms with E-state index in [1.165, 1.54) is 4.70 Å². The number of fused-ring (bicyclic) bond motifs is 1. The Hall–Kier alpha value is -2.25. The summed E-state index contributed by atoms with van der Waals surface area (Å²) < 4.78 is 3.13. The van der Waals surface area contributed by atoms with Crippen molar-refractivity contribution in [2.75, 3.05) is 20.1 Å². The number of hydrogen-bond acceptors (Lipinski definition) is 5. The average Bonchev–Trinajstić information content (AvgIpc) is 3.30. The van der Waals surface area contributed by atoms with Crippen LogP contribution in [0.2, 0.25) is 0 Å². The van der Waals surface area contributed by atoms with Crippen LogP contribution in [0.4, 0.5) is 0 Å². The standard InChI is InChI=1S/C19H23N5OS/c1-20-10-17-13-24(22-21-17)12-14-3-2-7-23(11-14)19(25)16-4-5-18-15(9-16)6-8-26-18/h4-6,8-9,13-14,20H,2-3,7,10-12H2,1H3. The van der Waals surface area contributed by atoms with Gasteiger partial charge >= 0.3 is 0 Å². The molecule has 0 saturated carbocycles. The van der Waals surface area contributed by atoms with Crippen molar-refractivity contribution in [3.8, 4) is 0 Å². The summed E-state index contributed by atoms with van der Waals surface area (Å²) in [6.45, 7) is 3.14. The van der Waals surface area contributed by atoms with Crippen molar-refractivity contribution in [1.29, 1.82) is 0 Å². The maximum Gasteiger partial charge on any atom is 0.253 e. The lowest BCUT2D eigenvalue weighted by Crippen LogP contribution is -2.41. The molecule has 1 aromatic carbocycles. The zero-order chi connectivity index (χ0) is 17.9. The molecule has 1 amide bonds. The second-order valence-corrected chi connectivity index (χ2v) is 7.84. The van der Waals surface area contributed by atoms with E-state index >= 15 is 0 Å². The number of nitrogens with zero attached hydrogens (tertiary/aromatic N) is 4. The van der Waals surface area contributed by atoms with Crippen molar-refractivity contribution in [3.05, 3.63) is 47.1 Å². The van der Waals surface area contributed by atoms with E-state index < -0.39 is 0 Å². The van der Waals surface area contributed by atoms with Crippen LogP contribution in [-0.4, -0.2) is 45.9 Å². The molecule has 0 radical (unpaired) electrons. The number of thiophene rings is 1. The largest absolute Gasteiger partial charge is 0.338 e. The quantitative estimate of drug-likeness (QED) is 0.751. The molecule has 0 aliphatic carbocycles. The summed E-state index contributed by atoms with van der Waals surface area (Å²) in [6.07, 6.45) is 4.14. The van der Waals surface area contributed by atoms with Gasteiger partial charge in [-0.1, -0.05) is 5.21 Å². The first-order valence-electron chi connectivity index (χ1n) is 9.03. The van der Waals surface area contributed by atoms with Crippen LogP contribution >= 0.6 is 11.3 Å². The highest BCUT2D eigenvalue weighted by Crippen LogP contribution is 2.24. The van der Waals surface area contributed by atoms with Gasteiger partial charge in [0.1, 0.15) is 0 Å². The summed E-state index contributed by atoms with van der Waals surface area (Å²) in [5, 5.41) is 14.7. The predicted molar refractivity (Wildman–Crippen MR) is 103 cm³/mol. The molecule has 0 bridgehead atoms. The Bertz CT molecular complexity index is 902. The highest BCUT2D eigenvalue weighted by atomic mass is 32.1. The zero-order valence-electron chi connectivity index (χ0n) is 14.9. The number of hydrogen-bond donors (Lipinski definition) is 1. The Kier molecular flexibility index (Phi) is 4.99. The first-order valence-corrected chi connectivity index (χ1v) is 9.91. The lowest BCUT2D eigenvalue weighted by molar-refractivity contribution is 0.0659. The first-order chi connectivity index (χ1) is 12.7. The van der Waals surface area contributed by atoms with Crippen molar-refractivity contribution >= 4 is 27.3 Å². The minimum atomic E-state index is 0.136. The average molecular weight is 369 g/mol. The fourth-order valence-corrected chi connectivity index (χ4v) is 4.41. The highest BCUT2D eigenvalue weighted by molar-refractivity contribution is 7.17. The molecular formula is C19H23N5OS. The van der Waals surface area contributed by atoms with Crippen LogP contribution in [0.5, 0.6) is 0 Å². The number of aromatic nitrogens is 3. The SMILES string of the molecule is CNCc1cn(CC2CCCN(C(=O)c3ccc4sccc4c3)C2)nn1. The van der Waals surface area contributed by atoms with Crippen LogP contribution in [-0.2, 0) is 13.1 Å². The van der Waals surface area contributed by atoms with E-state index in [4.69, 9.17) is 0 Å². The molecule has 6 nitrogen and oxygen atoms in total. The second-order valence-electron chi connectivity index (χ2n) is 6.89. The van der Waals surface area contributed by atoms with Crippen molar-refractivity contribution < 1.29 is 4.79 Å².